The highest BCUT2D eigenvalue weighted by molar-refractivity contribution is 5.96. The molecule has 4 amide bonds. The molecule has 0 aliphatic carbocycles. The number of amides is 4. The van der Waals surface area contributed by atoms with Gasteiger partial charge in [0.1, 0.15) is 29.6 Å². The number of nitrogens with zero attached hydrogens (tertiary/aromatic N) is 10. The predicted molar refractivity (Wildman–Crippen MR) is 511 cm³/mol. The van der Waals surface area contributed by atoms with E-state index in [4.69, 9.17) is 14.2 Å². The van der Waals surface area contributed by atoms with E-state index in [2.05, 4.69) is 152 Å². The van der Waals surface area contributed by atoms with Crippen LogP contribution in [0.2, 0.25) is 0 Å². The SMILES string of the molecule is CN(C)CCCOc1ccc(C=O)cc1.CN(C)CCCOc1ccc(CN(C(=O)/C=C/c2ccc(C(F)(F)F)cc2)[C@@H](Cc2ccccc2)C(=O)N2CCN(Cc3ccccc3)CC2)cc1.CN(C)CCCOc1ccc(CN[C@@H](Cc2ccccc2)C(=O)N2CCN(Cc3ccccc3)CC2)cc1.C[C@@H](Cc1ccccc1)C(=O)N1CCN(Cc2ccccc2)CC1. The summed E-state index contributed by atoms with van der Waals surface area (Å²) in [5, 5.41) is 3.57. The van der Waals surface area contributed by atoms with Gasteiger partial charge in [-0.1, -0.05) is 225 Å². The molecular weight excluding hydrogens is 1620 g/mol. The van der Waals surface area contributed by atoms with Crippen LogP contribution in [0.15, 0.2) is 285 Å². The number of carbonyl (C=O) groups excluding carboxylic acids is 5. The van der Waals surface area contributed by atoms with Gasteiger partial charge in [0.2, 0.25) is 23.6 Å². The van der Waals surface area contributed by atoms with Crippen LogP contribution in [0.1, 0.15) is 92.2 Å². The monoisotopic (exact) mass is 1760 g/mol. The van der Waals surface area contributed by atoms with Crippen LogP contribution in [-0.2, 0) is 77.3 Å². The van der Waals surface area contributed by atoms with Gasteiger partial charge in [0, 0.05) is 155 Å². The van der Waals surface area contributed by atoms with Crippen molar-refractivity contribution < 1.29 is 51.4 Å². The number of ether oxygens (including phenoxy) is 3. The van der Waals surface area contributed by atoms with Crippen molar-refractivity contribution in [2.45, 2.75) is 96.4 Å². The molecule has 22 heteroatoms. The van der Waals surface area contributed by atoms with Crippen LogP contribution < -0.4 is 19.5 Å². The minimum absolute atomic E-state index is 0.0491. The molecule has 129 heavy (non-hydrogen) atoms. The van der Waals surface area contributed by atoms with Gasteiger partial charge in [0.05, 0.1) is 31.4 Å². The molecule has 0 unspecified atom stereocenters. The third-order valence-electron chi connectivity index (χ3n) is 22.9. The number of nitrogens with one attached hydrogen (secondary N) is 1. The third-order valence-corrected chi connectivity index (χ3v) is 22.9. The Hall–Kier alpha value is -11.6. The summed E-state index contributed by atoms with van der Waals surface area (Å²) in [4.78, 5) is 86.5. The minimum Gasteiger partial charge on any atom is -0.494 e. The molecule has 10 aromatic rings. The van der Waals surface area contributed by atoms with E-state index in [0.29, 0.717) is 88.2 Å². The molecule has 684 valence electrons. The average molecular weight is 1760 g/mol. The van der Waals surface area contributed by atoms with Gasteiger partial charge < -0.3 is 53.8 Å². The molecule has 0 saturated carbocycles. The highest BCUT2D eigenvalue weighted by atomic mass is 19.4. The van der Waals surface area contributed by atoms with Crippen molar-refractivity contribution in [2.75, 3.05) is 160 Å². The van der Waals surface area contributed by atoms with E-state index in [1.54, 1.807) is 17.0 Å². The lowest BCUT2D eigenvalue weighted by molar-refractivity contribution is -0.145. The zero-order valence-corrected chi connectivity index (χ0v) is 76.4. The second-order valence-corrected chi connectivity index (χ2v) is 34.1. The van der Waals surface area contributed by atoms with Crippen LogP contribution in [-0.4, -0.2) is 251 Å². The Labute approximate surface area is 763 Å². The fraction of sp³-hybridized carbons (Fsp3) is 0.374. The Balaban J connectivity index is 0.000000195. The summed E-state index contributed by atoms with van der Waals surface area (Å²) in [5.41, 5.74) is 9.51. The number of alkyl halides is 3. The minimum atomic E-state index is -4.46. The second kappa shape index (κ2) is 54.0. The van der Waals surface area contributed by atoms with Crippen LogP contribution in [0.4, 0.5) is 13.2 Å². The maximum Gasteiger partial charge on any atom is 0.416 e. The maximum absolute atomic E-state index is 14.5. The Bertz CT molecular complexity index is 4870. The molecule has 3 fully saturated rings. The summed E-state index contributed by atoms with van der Waals surface area (Å²) in [7, 11) is 12.3. The topological polar surface area (TPSA) is 157 Å². The Morgan fingerprint density at radius 2 is 0.713 bits per heavy atom. The number of hydrogen-bond donors (Lipinski definition) is 1. The van der Waals surface area contributed by atoms with E-state index in [1.165, 1.54) is 52.1 Å². The fourth-order valence-electron chi connectivity index (χ4n) is 15.5. The molecule has 3 saturated heterocycles. The molecule has 3 aliphatic rings. The molecule has 0 spiro atoms. The lowest BCUT2D eigenvalue weighted by Gasteiger charge is -2.39. The summed E-state index contributed by atoms with van der Waals surface area (Å²) < 4.78 is 56.8. The molecule has 3 atom stereocenters. The third kappa shape index (κ3) is 36.1. The second-order valence-electron chi connectivity index (χ2n) is 34.1. The Morgan fingerprint density at radius 1 is 0.380 bits per heavy atom. The summed E-state index contributed by atoms with van der Waals surface area (Å²) in [5.74, 6) is 2.40. The highest BCUT2D eigenvalue weighted by Crippen LogP contribution is 2.30. The number of rotatable bonds is 39. The standard InChI is InChI=1S/C42H47F3N4O3.C32H42N4O2.C21H26N2O.C12H17NO2/c1-46(2)24-9-29-52-38-21-16-36(17-22-38)32-49(40(50)23-18-33-14-19-37(20-15-33)42(43,44)45)39(30-34-10-5-3-6-11-34)41(51)48-27-25-47(26-28-48)31-35-12-7-4-8-13-35;1-34(2)18-9-23-38-30-16-14-28(15-17-30)25-33-31(24-27-10-5-3-6-11-27)32(37)36-21-19-35(20-22-36)26-29-12-7-4-8-13-29;1-18(16-19-8-4-2-5-9-19)21(24)23-14-12-22(13-15-23)17-20-10-6-3-7-11-20;1-13(2)8-3-9-15-12-6-4-11(10-14)5-7-12/h3-8,10-23,39H,9,24-32H2,1-2H3;3-8,10-17,31,33H,9,18-26H2,1-2H3;2-11,18H,12-17H2,1H3;4-7,10H,3,8-9H2,1-2H3/b23-18+;;;/t39-;31-;18-;/m000./s1. The van der Waals surface area contributed by atoms with E-state index in [0.717, 1.165) is 164 Å². The zero-order chi connectivity index (χ0) is 91.4. The maximum atomic E-state index is 14.5. The van der Waals surface area contributed by atoms with Gasteiger partial charge in [0.25, 0.3) is 0 Å². The van der Waals surface area contributed by atoms with Crippen molar-refractivity contribution in [3.8, 4) is 17.2 Å². The lowest BCUT2D eigenvalue weighted by atomic mass is 9.99. The van der Waals surface area contributed by atoms with Gasteiger partial charge in [-0.05, 0) is 191 Å². The Morgan fingerprint density at radius 3 is 1.09 bits per heavy atom. The van der Waals surface area contributed by atoms with Crippen LogP contribution >= 0.6 is 0 Å². The summed E-state index contributed by atoms with van der Waals surface area (Å²) in [6, 6.07) is 88.0. The van der Waals surface area contributed by atoms with Crippen molar-refractivity contribution >= 4 is 36.0 Å². The van der Waals surface area contributed by atoms with Crippen molar-refractivity contribution in [1.82, 2.24) is 54.3 Å². The van der Waals surface area contributed by atoms with Crippen molar-refractivity contribution in [2.24, 2.45) is 5.92 Å². The molecule has 3 heterocycles. The molecule has 1 N–H and O–H groups in total. The van der Waals surface area contributed by atoms with Crippen LogP contribution in [0.3, 0.4) is 0 Å². The van der Waals surface area contributed by atoms with Crippen LogP contribution in [0.5, 0.6) is 17.2 Å². The number of hydrogen-bond acceptors (Lipinski definition) is 15. The van der Waals surface area contributed by atoms with Crippen molar-refractivity contribution in [3.63, 3.8) is 0 Å². The van der Waals surface area contributed by atoms with Gasteiger partial charge in [-0.25, -0.2) is 0 Å². The first-order valence-electron chi connectivity index (χ1n) is 45.3. The largest absolute Gasteiger partial charge is 0.494 e. The molecule has 13 rings (SSSR count). The lowest BCUT2D eigenvalue weighted by Crippen LogP contribution is -2.56. The van der Waals surface area contributed by atoms with E-state index in [1.807, 2.05) is 189 Å². The van der Waals surface area contributed by atoms with E-state index in [-0.39, 0.29) is 30.3 Å². The first kappa shape index (κ1) is 99.6. The van der Waals surface area contributed by atoms with Crippen molar-refractivity contribution in [3.05, 3.63) is 346 Å². The van der Waals surface area contributed by atoms with Crippen LogP contribution in [0.25, 0.3) is 6.08 Å². The number of benzene rings is 10. The number of piperazine rings is 3. The summed E-state index contributed by atoms with van der Waals surface area (Å²) in [6.45, 7) is 19.8. The quantitative estimate of drug-likeness (QED) is 0.0220. The van der Waals surface area contributed by atoms with Gasteiger partial charge in [0.15, 0.2) is 0 Å². The van der Waals surface area contributed by atoms with Crippen molar-refractivity contribution in [1.29, 1.82) is 0 Å². The predicted octanol–water partition coefficient (Wildman–Crippen LogP) is 16.1. The first-order valence-corrected chi connectivity index (χ1v) is 45.3. The molecule has 19 nitrogen and oxygen atoms in total. The van der Waals surface area contributed by atoms with Gasteiger partial charge in [-0.3, -0.25) is 38.7 Å². The molecule has 0 aromatic heterocycles. The first-order chi connectivity index (χ1) is 62.5. The molecule has 3 aliphatic heterocycles. The number of carbonyl (C=O) groups is 5. The highest BCUT2D eigenvalue weighted by Gasteiger charge is 2.36. The van der Waals surface area contributed by atoms with Gasteiger partial charge >= 0.3 is 6.18 Å². The van der Waals surface area contributed by atoms with E-state index < -0.39 is 23.7 Å². The number of halogens is 3. The average Bonchev–Trinajstić information content (AvgIpc) is 0.813. The normalized spacial score (nSPS) is 14.6. The van der Waals surface area contributed by atoms with Crippen LogP contribution in [0, 0.1) is 5.92 Å². The molecule has 0 bridgehead atoms. The Kier molecular flexibility index (Phi) is 41.7. The molecule has 10 aromatic carbocycles. The smallest absolute Gasteiger partial charge is 0.416 e. The summed E-state index contributed by atoms with van der Waals surface area (Å²) >= 11 is 0. The van der Waals surface area contributed by atoms with Gasteiger partial charge in [-0.15, -0.1) is 0 Å². The summed E-state index contributed by atoms with van der Waals surface area (Å²) in [6.07, 6.45) is 3.89. The fourth-order valence-corrected chi connectivity index (χ4v) is 15.5. The van der Waals surface area contributed by atoms with E-state index in [9.17, 15) is 37.1 Å². The number of aldehydes is 1. The molecular formula is C107H132F3N11O8. The zero-order valence-electron chi connectivity index (χ0n) is 76.4. The molecule has 0 radical (unpaired) electrons. The van der Waals surface area contributed by atoms with E-state index >= 15 is 0 Å². The van der Waals surface area contributed by atoms with Gasteiger partial charge in [-0.2, -0.15) is 13.2 Å².